The number of carbonyl (C=O) groups excluding carboxylic acids is 4. The molecule has 0 aromatic heterocycles. The third-order valence-corrected chi connectivity index (χ3v) is 7.13. The van der Waals surface area contributed by atoms with Crippen LogP contribution in [0.5, 0.6) is 0 Å². The average molecular weight is 460 g/mol. The summed E-state index contributed by atoms with van der Waals surface area (Å²) in [5, 5.41) is 15.4. The Bertz CT molecular complexity index is 843. The van der Waals surface area contributed by atoms with Crippen molar-refractivity contribution in [2.24, 2.45) is 11.8 Å². The van der Waals surface area contributed by atoms with Crippen LogP contribution in [0.15, 0.2) is 30.3 Å². The lowest BCUT2D eigenvalue weighted by molar-refractivity contribution is -0.786. The van der Waals surface area contributed by atoms with Crippen LogP contribution in [0.2, 0.25) is 0 Å². The number of quaternary nitrogens is 1. The fourth-order valence-corrected chi connectivity index (χ4v) is 5.32. The van der Waals surface area contributed by atoms with Gasteiger partial charge in [0.2, 0.25) is 6.41 Å². The van der Waals surface area contributed by atoms with Gasteiger partial charge in [0.15, 0.2) is 0 Å². The molecular weight excluding hydrogens is 424 g/mol. The maximum Gasteiger partial charge on any atom is 0.432 e. The molecule has 3 rings (SSSR count). The Balaban J connectivity index is 1.74. The van der Waals surface area contributed by atoms with Crippen LogP contribution in [0.3, 0.4) is 0 Å². The van der Waals surface area contributed by atoms with Crippen LogP contribution in [0.1, 0.15) is 57.4 Å². The van der Waals surface area contributed by atoms with Crippen molar-refractivity contribution in [3.8, 4) is 0 Å². The fraction of sp³-hybridized carbons (Fsp3) is 0.583. The number of hydrogen-bond acceptors (Lipinski definition) is 5. The Morgan fingerprint density at radius 3 is 2.45 bits per heavy atom. The van der Waals surface area contributed by atoms with E-state index in [4.69, 9.17) is 0 Å². The zero-order valence-corrected chi connectivity index (χ0v) is 19.2. The second kappa shape index (κ2) is 11.4. The molecule has 9 heteroatoms. The van der Waals surface area contributed by atoms with E-state index in [2.05, 4.69) is 10.6 Å². The maximum absolute atomic E-state index is 13.8. The van der Waals surface area contributed by atoms with Crippen LogP contribution in [0, 0.1) is 11.8 Å². The van der Waals surface area contributed by atoms with E-state index in [9.17, 15) is 24.4 Å². The number of imide groups is 2. The van der Waals surface area contributed by atoms with Gasteiger partial charge in [0.25, 0.3) is 0 Å². The number of rotatable bonds is 8. The molecule has 0 bridgehead atoms. The average Bonchev–Trinajstić information content (AvgIpc) is 3.47. The lowest BCUT2D eigenvalue weighted by Gasteiger charge is -2.36. The summed E-state index contributed by atoms with van der Waals surface area (Å²) >= 11 is 0. The first kappa shape index (κ1) is 24.9. The molecule has 1 saturated carbocycles. The van der Waals surface area contributed by atoms with Crippen LogP contribution < -0.4 is 10.6 Å². The van der Waals surface area contributed by atoms with Crippen molar-refractivity contribution in [2.75, 3.05) is 13.1 Å². The van der Waals surface area contributed by atoms with E-state index in [1.54, 1.807) is 0 Å². The van der Waals surface area contributed by atoms with Crippen LogP contribution in [0.25, 0.3) is 0 Å². The molecular formula is C24H35N4O5+. The summed E-state index contributed by atoms with van der Waals surface area (Å²) in [6, 6.07) is 7.72. The largest absolute Gasteiger partial charge is 0.432 e. The molecule has 1 aromatic carbocycles. The summed E-state index contributed by atoms with van der Waals surface area (Å²) in [7, 11) is 0. The van der Waals surface area contributed by atoms with Crippen molar-refractivity contribution in [2.45, 2.75) is 64.5 Å². The number of urea groups is 2. The van der Waals surface area contributed by atoms with Gasteiger partial charge in [0.1, 0.15) is 6.04 Å². The molecule has 0 spiro atoms. The molecule has 1 saturated heterocycles. The van der Waals surface area contributed by atoms with Gasteiger partial charge in [0.05, 0.1) is 19.0 Å². The molecule has 2 aliphatic rings. The van der Waals surface area contributed by atoms with Crippen LogP contribution in [-0.4, -0.2) is 58.3 Å². The highest BCUT2D eigenvalue weighted by atomic mass is 16.5. The number of benzene rings is 1. The summed E-state index contributed by atoms with van der Waals surface area (Å²) in [6.45, 7) is 2.24. The monoisotopic (exact) mass is 459 g/mol. The van der Waals surface area contributed by atoms with E-state index >= 15 is 0 Å². The van der Waals surface area contributed by atoms with Gasteiger partial charge in [-0.25, -0.2) is 24.8 Å². The van der Waals surface area contributed by atoms with E-state index in [-0.39, 0.29) is 31.4 Å². The number of carbonyl (C=O) groups is 4. The highest BCUT2D eigenvalue weighted by Gasteiger charge is 2.55. The summed E-state index contributed by atoms with van der Waals surface area (Å²) in [6.07, 6.45) is 6.35. The molecule has 1 heterocycles. The highest BCUT2D eigenvalue weighted by Crippen LogP contribution is 2.35. The summed E-state index contributed by atoms with van der Waals surface area (Å²) in [4.78, 5) is 50.7. The molecule has 6 amide bonds. The van der Waals surface area contributed by atoms with Crippen molar-refractivity contribution in [1.29, 1.82) is 0 Å². The summed E-state index contributed by atoms with van der Waals surface area (Å²) < 4.78 is -0.483. The van der Waals surface area contributed by atoms with Gasteiger partial charge < -0.3 is 5.32 Å². The van der Waals surface area contributed by atoms with Crippen molar-refractivity contribution < 1.29 is 28.9 Å². The van der Waals surface area contributed by atoms with E-state index in [0.29, 0.717) is 36.8 Å². The molecule has 180 valence electrons. The summed E-state index contributed by atoms with van der Waals surface area (Å²) in [5.41, 5.74) is 0.892. The third-order valence-electron chi connectivity index (χ3n) is 7.13. The lowest BCUT2D eigenvalue weighted by atomic mass is 9.91. The normalized spacial score (nSPS) is 23.6. The molecule has 2 fully saturated rings. The van der Waals surface area contributed by atoms with Crippen molar-refractivity contribution in [3.63, 3.8) is 0 Å². The molecule has 1 aliphatic heterocycles. The minimum Gasteiger partial charge on any atom is -0.334 e. The first-order valence-corrected chi connectivity index (χ1v) is 11.8. The number of amides is 6. The van der Waals surface area contributed by atoms with Crippen molar-refractivity contribution in [1.82, 2.24) is 15.7 Å². The molecule has 1 unspecified atom stereocenters. The quantitative estimate of drug-likeness (QED) is 0.239. The first-order chi connectivity index (χ1) is 15.9. The zero-order chi connectivity index (χ0) is 23.8. The highest BCUT2D eigenvalue weighted by molar-refractivity contribution is 5.95. The van der Waals surface area contributed by atoms with E-state index in [1.165, 1.54) is 0 Å². The van der Waals surface area contributed by atoms with Gasteiger partial charge in [0, 0.05) is 19.4 Å². The lowest BCUT2D eigenvalue weighted by Crippen LogP contribution is -2.66. The maximum atomic E-state index is 13.8. The predicted octanol–water partition coefficient (Wildman–Crippen LogP) is 3.18. The molecule has 0 radical (unpaired) electrons. The van der Waals surface area contributed by atoms with E-state index < -0.39 is 22.5 Å². The Labute approximate surface area is 194 Å². The molecule has 1 aliphatic carbocycles. The number of hydrogen-bond donors (Lipinski definition) is 3. The number of nitrogens with zero attached hydrogens (tertiary/aromatic N) is 2. The first-order valence-electron chi connectivity index (χ1n) is 11.8. The predicted molar refractivity (Wildman–Crippen MR) is 121 cm³/mol. The van der Waals surface area contributed by atoms with Gasteiger partial charge >= 0.3 is 18.0 Å². The smallest absolute Gasteiger partial charge is 0.334 e. The molecule has 1 aromatic rings. The second-order valence-electron chi connectivity index (χ2n) is 9.33. The third kappa shape index (κ3) is 5.97. The van der Waals surface area contributed by atoms with Gasteiger partial charge in [-0.3, -0.25) is 10.0 Å². The minimum absolute atomic E-state index is 0.154. The van der Waals surface area contributed by atoms with Crippen LogP contribution in [-0.2, 0) is 16.1 Å². The SMILES string of the molecule is C[C@@H]1CCC[N+]1(C(=O)NC(=O)NCc1ccccc1)C(=O)[C@H](CC1CCCC1)CN(O)C=O. The van der Waals surface area contributed by atoms with Gasteiger partial charge in [-0.05, 0) is 24.8 Å². The number of nitrogens with one attached hydrogen (secondary N) is 2. The molecule has 33 heavy (non-hydrogen) atoms. The van der Waals surface area contributed by atoms with E-state index in [1.807, 2.05) is 37.3 Å². The van der Waals surface area contributed by atoms with Crippen molar-refractivity contribution in [3.05, 3.63) is 35.9 Å². The topological polar surface area (TPSA) is 116 Å². The zero-order valence-electron chi connectivity index (χ0n) is 19.2. The van der Waals surface area contributed by atoms with Gasteiger partial charge in [-0.1, -0.05) is 56.0 Å². The van der Waals surface area contributed by atoms with Crippen LogP contribution >= 0.6 is 0 Å². The standard InChI is InChI=1S/C24H34N4O5/c1-18-8-7-13-28(18,24(32)26-23(31)25-15-20-11-3-2-4-12-20)22(30)21(16-27(33)17-29)14-19-9-5-6-10-19/h2-4,11-12,17-19,21,33H,5-10,13-16H2,1H3,(H-,25,26,31,32)/p+1/t18-,21-,28?/m1/s1. The Morgan fingerprint density at radius 2 is 1.85 bits per heavy atom. The minimum atomic E-state index is -0.679. The van der Waals surface area contributed by atoms with Gasteiger partial charge in [-0.15, -0.1) is 0 Å². The second-order valence-corrected chi connectivity index (χ2v) is 9.33. The van der Waals surface area contributed by atoms with Crippen LogP contribution in [0.4, 0.5) is 9.59 Å². The molecule has 3 atom stereocenters. The molecule has 3 N–H and O–H groups in total. The fourth-order valence-electron chi connectivity index (χ4n) is 5.32. The van der Waals surface area contributed by atoms with Gasteiger partial charge in [-0.2, -0.15) is 4.48 Å². The number of hydroxylamine groups is 2. The number of likely N-dealkylation sites (tertiary alicyclic amines) is 1. The van der Waals surface area contributed by atoms with E-state index in [0.717, 1.165) is 31.2 Å². The Kier molecular flexibility index (Phi) is 8.57. The summed E-state index contributed by atoms with van der Waals surface area (Å²) in [5.74, 6) is -0.683. The Morgan fingerprint density at radius 1 is 1.15 bits per heavy atom. The Hall–Kier alpha value is -2.78. The molecule has 9 nitrogen and oxygen atoms in total. The van der Waals surface area contributed by atoms with Crippen molar-refractivity contribution >= 4 is 24.4 Å².